The van der Waals surface area contributed by atoms with E-state index >= 15 is 0 Å². The van der Waals surface area contributed by atoms with Gasteiger partial charge < -0.3 is 14.5 Å². The molecule has 2 aliphatic rings. The molecule has 0 unspecified atom stereocenters. The number of nitrogens with zero attached hydrogens (tertiary/aromatic N) is 3. The maximum atomic E-state index is 12.8. The van der Waals surface area contributed by atoms with Gasteiger partial charge in [-0.1, -0.05) is 30.3 Å². The summed E-state index contributed by atoms with van der Waals surface area (Å²) < 4.78 is 5.30. The van der Waals surface area contributed by atoms with Crippen LogP contribution in [0.25, 0.3) is 0 Å². The van der Waals surface area contributed by atoms with Gasteiger partial charge in [0.05, 0.1) is 13.2 Å². The first-order chi connectivity index (χ1) is 14.2. The number of amides is 2. The van der Waals surface area contributed by atoms with Crippen molar-refractivity contribution in [1.29, 1.82) is 0 Å². The molecule has 2 aliphatic heterocycles. The van der Waals surface area contributed by atoms with Crippen molar-refractivity contribution in [3.63, 3.8) is 0 Å². The van der Waals surface area contributed by atoms with E-state index in [1.807, 2.05) is 11.0 Å². The molecule has 152 valence electrons. The van der Waals surface area contributed by atoms with Crippen LogP contribution in [0.1, 0.15) is 26.3 Å². The van der Waals surface area contributed by atoms with E-state index in [0.717, 1.165) is 32.7 Å². The Bertz CT molecular complexity index is 824. The molecule has 0 aliphatic carbocycles. The molecule has 2 fully saturated rings. The first-order valence-corrected chi connectivity index (χ1v) is 10.2. The van der Waals surface area contributed by atoms with Crippen LogP contribution in [-0.4, -0.2) is 79.0 Å². The van der Waals surface area contributed by atoms with Gasteiger partial charge in [-0.15, -0.1) is 0 Å². The van der Waals surface area contributed by atoms with Gasteiger partial charge in [-0.25, -0.2) is 0 Å². The van der Waals surface area contributed by atoms with Gasteiger partial charge in [-0.3, -0.25) is 14.5 Å². The van der Waals surface area contributed by atoms with Gasteiger partial charge in [-0.2, -0.15) is 0 Å². The lowest BCUT2D eigenvalue weighted by Gasteiger charge is -2.34. The highest BCUT2D eigenvalue weighted by molar-refractivity contribution is 5.98. The summed E-state index contributed by atoms with van der Waals surface area (Å²) in [6, 6.07) is 17.5. The van der Waals surface area contributed by atoms with E-state index in [4.69, 9.17) is 4.74 Å². The average Bonchev–Trinajstić information content (AvgIpc) is 2.80. The highest BCUT2D eigenvalue weighted by Gasteiger charge is 2.23. The maximum absolute atomic E-state index is 12.8. The molecule has 2 aromatic carbocycles. The van der Waals surface area contributed by atoms with E-state index < -0.39 is 0 Å². The minimum absolute atomic E-state index is 0.00169. The predicted molar refractivity (Wildman–Crippen MR) is 111 cm³/mol. The predicted octanol–water partition coefficient (Wildman–Crippen LogP) is 2.12. The summed E-state index contributed by atoms with van der Waals surface area (Å²) in [4.78, 5) is 31.5. The topological polar surface area (TPSA) is 53.1 Å². The highest BCUT2D eigenvalue weighted by atomic mass is 16.5. The molecule has 2 saturated heterocycles. The van der Waals surface area contributed by atoms with E-state index in [1.165, 1.54) is 5.56 Å². The zero-order valence-electron chi connectivity index (χ0n) is 16.6. The van der Waals surface area contributed by atoms with Gasteiger partial charge >= 0.3 is 0 Å². The lowest BCUT2D eigenvalue weighted by atomic mass is 10.1. The molecule has 0 bridgehead atoms. The number of carbonyl (C=O) groups is 2. The Balaban J connectivity index is 1.31. The molecular formula is C23H27N3O3. The molecule has 4 rings (SSSR count). The number of piperazine rings is 1. The summed E-state index contributed by atoms with van der Waals surface area (Å²) in [5.41, 5.74) is 2.56. The van der Waals surface area contributed by atoms with Crippen molar-refractivity contribution in [3.05, 3.63) is 71.3 Å². The van der Waals surface area contributed by atoms with Gasteiger partial charge in [0.2, 0.25) is 0 Å². The summed E-state index contributed by atoms with van der Waals surface area (Å²) >= 11 is 0. The van der Waals surface area contributed by atoms with Crippen molar-refractivity contribution in [1.82, 2.24) is 14.7 Å². The van der Waals surface area contributed by atoms with E-state index in [0.29, 0.717) is 37.4 Å². The number of rotatable bonds is 4. The highest BCUT2D eigenvalue weighted by Crippen LogP contribution is 2.14. The van der Waals surface area contributed by atoms with Crippen molar-refractivity contribution >= 4 is 11.8 Å². The fraction of sp³-hybridized carbons (Fsp3) is 0.391. The molecule has 6 heteroatoms. The fourth-order valence-corrected chi connectivity index (χ4v) is 3.84. The molecule has 0 saturated carbocycles. The van der Waals surface area contributed by atoms with E-state index in [1.54, 1.807) is 29.2 Å². The van der Waals surface area contributed by atoms with Gasteiger partial charge in [0.25, 0.3) is 11.8 Å². The lowest BCUT2D eigenvalue weighted by molar-refractivity contribution is 0.0303. The molecule has 0 radical (unpaired) electrons. The van der Waals surface area contributed by atoms with Crippen LogP contribution in [0, 0.1) is 0 Å². The third-order valence-electron chi connectivity index (χ3n) is 5.59. The molecule has 2 aromatic rings. The maximum Gasteiger partial charge on any atom is 0.254 e. The number of ether oxygens (including phenoxy) is 1. The Labute approximate surface area is 171 Å². The van der Waals surface area contributed by atoms with Gasteiger partial charge in [0, 0.05) is 56.9 Å². The number of benzene rings is 2. The summed E-state index contributed by atoms with van der Waals surface area (Å²) in [6.45, 7) is 6.50. The molecule has 2 amide bonds. The summed E-state index contributed by atoms with van der Waals surface area (Å²) in [5.74, 6) is 0.0385. The Morgan fingerprint density at radius 2 is 1.21 bits per heavy atom. The fourth-order valence-electron chi connectivity index (χ4n) is 3.84. The van der Waals surface area contributed by atoms with E-state index in [-0.39, 0.29) is 11.8 Å². The van der Waals surface area contributed by atoms with Crippen LogP contribution < -0.4 is 0 Å². The van der Waals surface area contributed by atoms with Gasteiger partial charge in [0.15, 0.2) is 0 Å². The third kappa shape index (κ3) is 4.83. The number of hydrogen-bond donors (Lipinski definition) is 0. The molecule has 0 N–H and O–H groups in total. The molecule has 0 aromatic heterocycles. The molecule has 0 spiro atoms. The number of hydrogen-bond acceptors (Lipinski definition) is 4. The van der Waals surface area contributed by atoms with Crippen molar-refractivity contribution in [3.8, 4) is 0 Å². The molecule has 0 atom stereocenters. The third-order valence-corrected chi connectivity index (χ3v) is 5.59. The minimum Gasteiger partial charge on any atom is -0.378 e. The SMILES string of the molecule is O=C(c1ccc(C(=O)N2CCN(Cc3ccccc3)CC2)cc1)N1CCOCC1. The number of carbonyl (C=O) groups excluding carboxylic acids is 2. The summed E-state index contributed by atoms with van der Waals surface area (Å²) in [6.07, 6.45) is 0. The van der Waals surface area contributed by atoms with Crippen molar-refractivity contribution in [2.45, 2.75) is 6.54 Å². The van der Waals surface area contributed by atoms with Crippen LogP contribution >= 0.6 is 0 Å². The summed E-state index contributed by atoms with van der Waals surface area (Å²) in [5, 5.41) is 0. The first-order valence-electron chi connectivity index (χ1n) is 10.2. The number of morpholine rings is 1. The largest absolute Gasteiger partial charge is 0.378 e. The van der Waals surface area contributed by atoms with E-state index in [9.17, 15) is 9.59 Å². The monoisotopic (exact) mass is 393 g/mol. The van der Waals surface area contributed by atoms with Crippen LogP contribution in [0.4, 0.5) is 0 Å². The molecule has 2 heterocycles. The van der Waals surface area contributed by atoms with E-state index in [2.05, 4.69) is 29.2 Å². The molecule has 6 nitrogen and oxygen atoms in total. The second kappa shape index (κ2) is 9.20. The minimum atomic E-state index is 0.00169. The summed E-state index contributed by atoms with van der Waals surface area (Å²) in [7, 11) is 0. The Morgan fingerprint density at radius 1 is 0.690 bits per heavy atom. The average molecular weight is 393 g/mol. The van der Waals surface area contributed by atoms with Gasteiger partial charge in [0.1, 0.15) is 0 Å². The Kier molecular flexibility index (Phi) is 6.22. The molecule has 29 heavy (non-hydrogen) atoms. The second-order valence-corrected chi connectivity index (χ2v) is 7.54. The Morgan fingerprint density at radius 3 is 1.76 bits per heavy atom. The van der Waals surface area contributed by atoms with Crippen molar-refractivity contribution in [2.24, 2.45) is 0 Å². The van der Waals surface area contributed by atoms with Gasteiger partial charge in [-0.05, 0) is 29.8 Å². The first kappa shape index (κ1) is 19.6. The Hall–Kier alpha value is -2.70. The molecular weight excluding hydrogens is 366 g/mol. The lowest BCUT2D eigenvalue weighted by Crippen LogP contribution is -2.48. The van der Waals surface area contributed by atoms with Crippen molar-refractivity contribution in [2.75, 3.05) is 52.5 Å². The van der Waals surface area contributed by atoms with Crippen LogP contribution in [0.5, 0.6) is 0 Å². The smallest absolute Gasteiger partial charge is 0.254 e. The van der Waals surface area contributed by atoms with Crippen LogP contribution in [0.15, 0.2) is 54.6 Å². The van der Waals surface area contributed by atoms with Crippen LogP contribution in [0.3, 0.4) is 0 Å². The van der Waals surface area contributed by atoms with Crippen molar-refractivity contribution < 1.29 is 14.3 Å². The normalized spacial score (nSPS) is 17.9. The van der Waals surface area contributed by atoms with Crippen LogP contribution in [-0.2, 0) is 11.3 Å². The zero-order valence-corrected chi connectivity index (χ0v) is 16.6. The second-order valence-electron chi connectivity index (χ2n) is 7.54. The standard InChI is InChI=1S/C23H27N3O3/c27-22(25-12-10-24(11-13-25)18-19-4-2-1-3-5-19)20-6-8-21(9-7-20)23(28)26-14-16-29-17-15-26/h1-9H,10-18H2. The quantitative estimate of drug-likeness (QED) is 0.799. The van der Waals surface area contributed by atoms with Crippen LogP contribution in [0.2, 0.25) is 0 Å². The zero-order chi connectivity index (χ0) is 20.1.